The highest BCUT2D eigenvalue weighted by Crippen LogP contribution is 2.30. The number of nitrogens with one attached hydrogen (secondary N) is 1. The average Bonchev–Trinajstić information content (AvgIpc) is 3.11. The monoisotopic (exact) mass is 288 g/mol. The van der Waals surface area contributed by atoms with E-state index in [2.05, 4.69) is 46.0 Å². The SMILES string of the molecule is CCCNC1CCCc2cn(CCc3ccsc3)cc21. The van der Waals surface area contributed by atoms with Crippen molar-refractivity contribution < 1.29 is 0 Å². The molecule has 0 spiro atoms. The summed E-state index contributed by atoms with van der Waals surface area (Å²) in [7, 11) is 0. The minimum Gasteiger partial charge on any atom is -0.353 e. The Kier molecular flexibility index (Phi) is 4.58. The molecule has 2 aromatic heterocycles. The molecule has 0 saturated heterocycles. The average molecular weight is 288 g/mol. The van der Waals surface area contributed by atoms with Crippen LogP contribution >= 0.6 is 11.3 Å². The molecule has 1 aliphatic rings. The van der Waals surface area contributed by atoms with Gasteiger partial charge in [0.15, 0.2) is 0 Å². The summed E-state index contributed by atoms with van der Waals surface area (Å²) >= 11 is 1.79. The second kappa shape index (κ2) is 6.59. The molecule has 0 aliphatic heterocycles. The standard InChI is InChI=1S/C17H24N2S/c1-2-8-18-17-5-3-4-15-11-19(12-16(15)17)9-6-14-7-10-20-13-14/h7,10-13,17-18H,2-6,8-9H2,1H3. The van der Waals surface area contributed by atoms with Crippen LogP contribution in [0.15, 0.2) is 29.2 Å². The molecular formula is C17H24N2S. The van der Waals surface area contributed by atoms with Gasteiger partial charge in [0.2, 0.25) is 0 Å². The third-order valence-electron chi connectivity index (χ3n) is 4.19. The second-order valence-corrected chi connectivity index (χ2v) is 6.54. The lowest BCUT2D eigenvalue weighted by Gasteiger charge is -2.23. The van der Waals surface area contributed by atoms with Crippen LogP contribution in [0.2, 0.25) is 0 Å². The van der Waals surface area contributed by atoms with Crippen LogP contribution in [0.25, 0.3) is 0 Å². The number of aryl methyl sites for hydroxylation is 3. The van der Waals surface area contributed by atoms with Gasteiger partial charge in [0.1, 0.15) is 0 Å². The summed E-state index contributed by atoms with van der Waals surface area (Å²) in [5, 5.41) is 8.13. The molecule has 2 aromatic rings. The van der Waals surface area contributed by atoms with E-state index in [9.17, 15) is 0 Å². The number of hydrogen-bond acceptors (Lipinski definition) is 2. The number of rotatable bonds is 6. The number of nitrogens with zero attached hydrogens (tertiary/aromatic N) is 1. The van der Waals surface area contributed by atoms with Crippen molar-refractivity contribution in [3.63, 3.8) is 0 Å². The van der Waals surface area contributed by atoms with Crippen molar-refractivity contribution in [1.29, 1.82) is 0 Å². The Balaban J connectivity index is 1.67. The molecule has 1 unspecified atom stereocenters. The van der Waals surface area contributed by atoms with Gasteiger partial charge in [-0.2, -0.15) is 11.3 Å². The molecule has 0 saturated carbocycles. The summed E-state index contributed by atoms with van der Waals surface area (Å²) < 4.78 is 2.40. The summed E-state index contributed by atoms with van der Waals surface area (Å²) in [6.07, 6.45) is 11.0. The van der Waals surface area contributed by atoms with Crippen LogP contribution in [0.3, 0.4) is 0 Å². The zero-order valence-electron chi connectivity index (χ0n) is 12.3. The molecule has 0 radical (unpaired) electrons. The quantitative estimate of drug-likeness (QED) is 0.844. The van der Waals surface area contributed by atoms with Crippen molar-refractivity contribution in [3.8, 4) is 0 Å². The topological polar surface area (TPSA) is 17.0 Å². The number of thiophene rings is 1. The van der Waals surface area contributed by atoms with Crippen molar-refractivity contribution in [2.45, 2.75) is 51.6 Å². The molecule has 0 aromatic carbocycles. The highest BCUT2D eigenvalue weighted by Gasteiger charge is 2.21. The molecule has 2 nitrogen and oxygen atoms in total. The molecule has 20 heavy (non-hydrogen) atoms. The Bertz CT molecular complexity index is 527. The van der Waals surface area contributed by atoms with E-state index in [0.29, 0.717) is 6.04 Å². The summed E-state index contributed by atoms with van der Waals surface area (Å²) in [6, 6.07) is 2.82. The molecule has 1 aliphatic carbocycles. The Morgan fingerprint density at radius 2 is 2.35 bits per heavy atom. The van der Waals surface area contributed by atoms with Gasteiger partial charge in [-0.05, 0) is 72.2 Å². The third-order valence-corrected chi connectivity index (χ3v) is 4.92. The highest BCUT2D eigenvalue weighted by molar-refractivity contribution is 7.07. The Labute approximate surface area is 125 Å². The minimum atomic E-state index is 0.584. The molecule has 3 heteroatoms. The first-order valence-corrected chi connectivity index (χ1v) is 8.74. The summed E-state index contributed by atoms with van der Waals surface area (Å²) in [5.41, 5.74) is 4.58. The van der Waals surface area contributed by atoms with E-state index in [0.717, 1.165) is 19.5 Å². The number of fused-ring (bicyclic) bond motifs is 1. The van der Waals surface area contributed by atoms with E-state index in [1.165, 1.54) is 31.2 Å². The number of aromatic nitrogens is 1. The maximum Gasteiger partial charge on any atom is 0.0338 e. The smallest absolute Gasteiger partial charge is 0.0338 e. The van der Waals surface area contributed by atoms with Gasteiger partial charge >= 0.3 is 0 Å². The van der Waals surface area contributed by atoms with Crippen molar-refractivity contribution >= 4 is 11.3 Å². The summed E-state index contributed by atoms with van der Waals surface area (Å²) in [4.78, 5) is 0. The van der Waals surface area contributed by atoms with Gasteiger partial charge in [-0.25, -0.2) is 0 Å². The van der Waals surface area contributed by atoms with Gasteiger partial charge in [0, 0.05) is 25.0 Å². The molecule has 108 valence electrons. The fourth-order valence-electron chi connectivity index (χ4n) is 3.10. The van der Waals surface area contributed by atoms with Gasteiger partial charge in [-0.1, -0.05) is 6.92 Å². The Morgan fingerprint density at radius 1 is 1.40 bits per heavy atom. The van der Waals surface area contributed by atoms with E-state index in [4.69, 9.17) is 0 Å². The van der Waals surface area contributed by atoms with Gasteiger partial charge in [0.25, 0.3) is 0 Å². The van der Waals surface area contributed by atoms with Crippen LogP contribution in [-0.4, -0.2) is 11.1 Å². The fourth-order valence-corrected chi connectivity index (χ4v) is 3.80. The van der Waals surface area contributed by atoms with E-state index in [1.54, 1.807) is 22.5 Å². The van der Waals surface area contributed by atoms with Crippen molar-refractivity contribution in [1.82, 2.24) is 9.88 Å². The lowest BCUT2D eigenvalue weighted by Crippen LogP contribution is -2.24. The van der Waals surface area contributed by atoms with Crippen LogP contribution in [0.1, 0.15) is 48.9 Å². The van der Waals surface area contributed by atoms with Gasteiger partial charge < -0.3 is 9.88 Å². The lowest BCUT2D eigenvalue weighted by molar-refractivity contribution is 0.462. The van der Waals surface area contributed by atoms with Crippen molar-refractivity contribution in [2.24, 2.45) is 0 Å². The van der Waals surface area contributed by atoms with E-state index < -0.39 is 0 Å². The van der Waals surface area contributed by atoms with Crippen LogP contribution < -0.4 is 5.32 Å². The van der Waals surface area contributed by atoms with Crippen LogP contribution in [-0.2, 0) is 19.4 Å². The van der Waals surface area contributed by atoms with Crippen molar-refractivity contribution in [3.05, 3.63) is 45.9 Å². The maximum atomic E-state index is 3.70. The Hall–Kier alpha value is -1.06. The predicted molar refractivity (Wildman–Crippen MR) is 86.4 cm³/mol. The zero-order chi connectivity index (χ0) is 13.8. The van der Waals surface area contributed by atoms with E-state index in [-0.39, 0.29) is 0 Å². The molecule has 1 N–H and O–H groups in total. The zero-order valence-corrected chi connectivity index (χ0v) is 13.1. The maximum absolute atomic E-state index is 3.70. The number of hydrogen-bond donors (Lipinski definition) is 1. The predicted octanol–water partition coefficient (Wildman–Crippen LogP) is 4.17. The van der Waals surface area contributed by atoms with Crippen molar-refractivity contribution in [2.75, 3.05) is 6.54 Å². The first kappa shape index (κ1) is 13.9. The van der Waals surface area contributed by atoms with Gasteiger partial charge in [0.05, 0.1) is 0 Å². The largest absolute Gasteiger partial charge is 0.353 e. The molecule has 3 rings (SSSR count). The highest BCUT2D eigenvalue weighted by atomic mass is 32.1. The van der Waals surface area contributed by atoms with Crippen LogP contribution in [0.4, 0.5) is 0 Å². The lowest BCUT2D eigenvalue weighted by atomic mass is 9.91. The summed E-state index contributed by atoms with van der Waals surface area (Å²) in [5.74, 6) is 0. The second-order valence-electron chi connectivity index (χ2n) is 5.76. The minimum absolute atomic E-state index is 0.584. The molecule has 2 heterocycles. The Morgan fingerprint density at radius 3 is 3.15 bits per heavy atom. The van der Waals surface area contributed by atoms with E-state index in [1.807, 2.05) is 0 Å². The molecule has 1 atom stereocenters. The van der Waals surface area contributed by atoms with E-state index >= 15 is 0 Å². The van der Waals surface area contributed by atoms with Gasteiger partial charge in [-0.15, -0.1) is 0 Å². The van der Waals surface area contributed by atoms with Crippen LogP contribution in [0.5, 0.6) is 0 Å². The molecule has 0 bridgehead atoms. The molecule has 0 amide bonds. The van der Waals surface area contributed by atoms with Crippen LogP contribution in [0, 0.1) is 0 Å². The normalized spacial score (nSPS) is 18.1. The van der Waals surface area contributed by atoms with Gasteiger partial charge in [-0.3, -0.25) is 0 Å². The first-order chi connectivity index (χ1) is 9.86. The first-order valence-electron chi connectivity index (χ1n) is 7.80. The molecule has 0 fully saturated rings. The molecular weight excluding hydrogens is 264 g/mol. The fraction of sp³-hybridized carbons (Fsp3) is 0.529. The summed E-state index contributed by atoms with van der Waals surface area (Å²) in [6.45, 7) is 4.47. The third kappa shape index (κ3) is 3.15.